The molecule has 1 amide bonds. The van der Waals surface area contributed by atoms with E-state index in [1.807, 2.05) is 32.9 Å². The maximum Gasteiger partial charge on any atom is 0.410 e. The molecule has 2 heterocycles. The number of esters is 1. The fraction of sp³-hybridized carbons (Fsp3) is 0.500. The number of amides is 1. The summed E-state index contributed by atoms with van der Waals surface area (Å²) in [7, 11) is 0. The van der Waals surface area contributed by atoms with Crippen LogP contribution in [0.3, 0.4) is 0 Å². The van der Waals surface area contributed by atoms with Gasteiger partial charge in [-0.05, 0) is 51.0 Å². The highest BCUT2D eigenvalue weighted by Crippen LogP contribution is 2.30. The molecule has 25 heavy (non-hydrogen) atoms. The molecule has 0 atom stereocenters. The Morgan fingerprint density at radius 3 is 2.56 bits per heavy atom. The molecular weight excluding hydrogens is 324 g/mol. The van der Waals surface area contributed by atoms with Crippen molar-refractivity contribution in [1.82, 2.24) is 10.1 Å². The molecule has 1 aliphatic heterocycles. The quantitative estimate of drug-likeness (QED) is 0.794. The monoisotopic (exact) mass is 346 g/mol. The van der Waals surface area contributed by atoms with Crippen molar-refractivity contribution in [3.63, 3.8) is 0 Å². The van der Waals surface area contributed by atoms with Gasteiger partial charge in [0, 0.05) is 18.5 Å². The first-order chi connectivity index (χ1) is 11.8. The van der Waals surface area contributed by atoms with Crippen LogP contribution in [0.25, 0.3) is 11.0 Å². The Kier molecular flexibility index (Phi) is 4.41. The highest BCUT2D eigenvalue weighted by molar-refractivity contribution is 5.86. The van der Waals surface area contributed by atoms with Gasteiger partial charge in [-0.25, -0.2) is 4.79 Å². The molecule has 1 aromatic carbocycles. The van der Waals surface area contributed by atoms with E-state index in [2.05, 4.69) is 5.16 Å². The summed E-state index contributed by atoms with van der Waals surface area (Å²) < 4.78 is 15.7. The average Bonchev–Trinajstić information content (AvgIpc) is 3.07. The number of aromatic nitrogens is 1. The summed E-state index contributed by atoms with van der Waals surface area (Å²) in [6.45, 7) is 8.54. The van der Waals surface area contributed by atoms with E-state index in [1.165, 1.54) is 0 Å². The molecule has 0 aliphatic carbocycles. The zero-order chi connectivity index (χ0) is 18.2. The van der Waals surface area contributed by atoms with Gasteiger partial charge in [0.05, 0.1) is 13.0 Å². The Balaban J connectivity index is 1.80. The van der Waals surface area contributed by atoms with Crippen LogP contribution in [-0.4, -0.2) is 34.3 Å². The normalized spacial score (nSPS) is 13.8. The van der Waals surface area contributed by atoms with Gasteiger partial charge in [-0.2, -0.15) is 0 Å². The largest absolute Gasteiger partial charge is 0.466 e. The fourth-order valence-electron chi connectivity index (χ4n) is 2.81. The minimum absolute atomic E-state index is 0.0649. The topological polar surface area (TPSA) is 81.9 Å². The second-order valence-electron chi connectivity index (χ2n) is 7.06. The summed E-state index contributed by atoms with van der Waals surface area (Å²) in [5.74, 6) is -0.339. The predicted octanol–water partition coefficient (Wildman–Crippen LogP) is 3.18. The zero-order valence-electron chi connectivity index (χ0n) is 14.9. The highest BCUT2D eigenvalue weighted by atomic mass is 16.6. The number of hydrogen-bond donors (Lipinski definition) is 0. The third kappa shape index (κ3) is 3.75. The average molecular weight is 346 g/mol. The third-order valence-electron chi connectivity index (χ3n) is 3.86. The highest BCUT2D eigenvalue weighted by Gasteiger charge is 2.29. The standard InChI is InChI=1S/C18H22N2O5/c1-5-23-16(21)8-14-13-6-11-9-20(17(22)24-18(2,3)4)10-12(11)7-15(13)25-19-14/h6-7H,5,8-10H2,1-4H3. The summed E-state index contributed by atoms with van der Waals surface area (Å²) in [5.41, 5.74) is 2.62. The molecule has 0 saturated carbocycles. The Morgan fingerprint density at radius 2 is 1.92 bits per heavy atom. The van der Waals surface area contributed by atoms with Crippen LogP contribution >= 0.6 is 0 Å². The van der Waals surface area contributed by atoms with Crippen LogP contribution in [0.4, 0.5) is 4.79 Å². The van der Waals surface area contributed by atoms with Crippen LogP contribution in [0, 0.1) is 0 Å². The van der Waals surface area contributed by atoms with Gasteiger partial charge in [0.1, 0.15) is 11.3 Å². The van der Waals surface area contributed by atoms with Gasteiger partial charge in [-0.3, -0.25) is 9.69 Å². The number of nitrogens with zero attached hydrogens (tertiary/aromatic N) is 2. The number of carbonyl (C=O) groups is 2. The van der Waals surface area contributed by atoms with Crippen LogP contribution in [0.5, 0.6) is 0 Å². The number of fused-ring (bicyclic) bond motifs is 2. The number of benzene rings is 1. The maximum absolute atomic E-state index is 12.3. The van der Waals surface area contributed by atoms with E-state index in [0.717, 1.165) is 16.5 Å². The number of carbonyl (C=O) groups excluding carboxylic acids is 2. The Morgan fingerprint density at radius 1 is 1.24 bits per heavy atom. The van der Waals surface area contributed by atoms with Crippen molar-refractivity contribution in [1.29, 1.82) is 0 Å². The Hall–Kier alpha value is -2.57. The van der Waals surface area contributed by atoms with E-state index in [9.17, 15) is 9.59 Å². The van der Waals surface area contributed by atoms with Gasteiger partial charge in [-0.15, -0.1) is 0 Å². The number of rotatable bonds is 3. The van der Waals surface area contributed by atoms with Crippen LogP contribution in [0.1, 0.15) is 44.5 Å². The minimum Gasteiger partial charge on any atom is -0.466 e. The lowest BCUT2D eigenvalue weighted by Crippen LogP contribution is -2.33. The lowest BCUT2D eigenvalue weighted by Gasteiger charge is -2.24. The number of ether oxygens (including phenoxy) is 2. The molecule has 134 valence electrons. The van der Waals surface area contributed by atoms with Crippen molar-refractivity contribution in [3.05, 3.63) is 29.0 Å². The van der Waals surface area contributed by atoms with Crippen molar-refractivity contribution >= 4 is 23.0 Å². The van der Waals surface area contributed by atoms with Crippen molar-refractivity contribution < 1.29 is 23.6 Å². The van der Waals surface area contributed by atoms with Gasteiger partial charge in [0.25, 0.3) is 0 Å². The molecule has 1 aliphatic rings. The van der Waals surface area contributed by atoms with Crippen molar-refractivity contribution in [2.75, 3.05) is 6.61 Å². The fourth-order valence-corrected chi connectivity index (χ4v) is 2.81. The van der Waals surface area contributed by atoms with E-state index in [-0.39, 0.29) is 18.5 Å². The second kappa shape index (κ2) is 6.38. The molecule has 7 nitrogen and oxygen atoms in total. The first-order valence-corrected chi connectivity index (χ1v) is 8.30. The molecule has 0 saturated heterocycles. The van der Waals surface area contributed by atoms with Gasteiger partial charge in [0.15, 0.2) is 5.58 Å². The zero-order valence-corrected chi connectivity index (χ0v) is 14.9. The first kappa shape index (κ1) is 17.3. The summed E-state index contributed by atoms with van der Waals surface area (Å²) in [6, 6.07) is 3.80. The van der Waals surface area contributed by atoms with Gasteiger partial charge in [-0.1, -0.05) is 5.16 Å². The van der Waals surface area contributed by atoms with Crippen molar-refractivity contribution in [2.24, 2.45) is 0 Å². The smallest absolute Gasteiger partial charge is 0.410 e. The minimum atomic E-state index is -0.532. The summed E-state index contributed by atoms with van der Waals surface area (Å²) in [6.07, 6.45) is -0.278. The van der Waals surface area contributed by atoms with Crippen LogP contribution in [-0.2, 0) is 33.8 Å². The summed E-state index contributed by atoms with van der Waals surface area (Å²) in [5, 5.41) is 4.76. The molecule has 0 N–H and O–H groups in total. The first-order valence-electron chi connectivity index (χ1n) is 8.30. The SMILES string of the molecule is CCOC(=O)Cc1noc2cc3c(cc12)CN(C(=O)OC(C)(C)C)C3. The lowest BCUT2D eigenvalue weighted by atomic mass is 10.1. The van der Waals surface area contributed by atoms with Gasteiger partial charge >= 0.3 is 12.1 Å². The maximum atomic E-state index is 12.3. The second-order valence-corrected chi connectivity index (χ2v) is 7.06. The molecular formula is C18H22N2O5. The van der Waals surface area contributed by atoms with Crippen LogP contribution < -0.4 is 0 Å². The molecule has 2 aromatic rings. The summed E-state index contributed by atoms with van der Waals surface area (Å²) >= 11 is 0. The van der Waals surface area contributed by atoms with E-state index >= 15 is 0 Å². The summed E-state index contributed by atoms with van der Waals surface area (Å²) in [4.78, 5) is 25.6. The van der Waals surface area contributed by atoms with Crippen LogP contribution in [0.15, 0.2) is 16.7 Å². The van der Waals surface area contributed by atoms with Crippen molar-refractivity contribution in [2.45, 2.75) is 52.8 Å². The molecule has 1 aromatic heterocycles. The van der Waals surface area contributed by atoms with E-state index < -0.39 is 5.60 Å². The van der Waals surface area contributed by atoms with E-state index in [0.29, 0.717) is 31.0 Å². The Bertz CT molecular complexity index is 819. The third-order valence-corrected chi connectivity index (χ3v) is 3.86. The predicted molar refractivity (Wildman–Crippen MR) is 89.8 cm³/mol. The van der Waals surface area contributed by atoms with E-state index in [4.69, 9.17) is 14.0 Å². The van der Waals surface area contributed by atoms with Crippen LogP contribution in [0.2, 0.25) is 0 Å². The molecule has 3 rings (SSSR count). The Labute approximate surface area is 145 Å². The number of hydrogen-bond acceptors (Lipinski definition) is 6. The molecule has 0 bridgehead atoms. The molecule has 7 heteroatoms. The van der Waals surface area contributed by atoms with E-state index in [1.54, 1.807) is 11.8 Å². The van der Waals surface area contributed by atoms with Crippen molar-refractivity contribution in [3.8, 4) is 0 Å². The molecule has 0 spiro atoms. The van der Waals surface area contributed by atoms with Gasteiger partial charge < -0.3 is 14.0 Å². The molecule has 0 fully saturated rings. The van der Waals surface area contributed by atoms with Gasteiger partial charge in [0.2, 0.25) is 0 Å². The molecule has 0 unspecified atom stereocenters. The molecule has 0 radical (unpaired) electrons. The lowest BCUT2D eigenvalue weighted by molar-refractivity contribution is -0.142.